The summed E-state index contributed by atoms with van der Waals surface area (Å²) < 4.78 is 5.36. The molecule has 0 aliphatic heterocycles. The third kappa shape index (κ3) is 2.91. The summed E-state index contributed by atoms with van der Waals surface area (Å²) in [4.78, 5) is 17.9. The van der Waals surface area contributed by atoms with Gasteiger partial charge in [0.2, 0.25) is 5.78 Å². The van der Waals surface area contributed by atoms with Crippen LogP contribution in [0.5, 0.6) is 0 Å². The molecule has 26 heavy (non-hydrogen) atoms. The van der Waals surface area contributed by atoms with Crippen molar-refractivity contribution in [1.29, 1.82) is 0 Å². The Labute approximate surface area is 160 Å². The first kappa shape index (κ1) is 16.9. The fraction of sp³-hybridized carbons (Fsp3) is 0.0476. The van der Waals surface area contributed by atoms with E-state index >= 15 is 0 Å². The maximum atomic E-state index is 13.2. The van der Waals surface area contributed by atoms with E-state index in [1.54, 1.807) is 12.1 Å². The molecule has 2 aromatic carbocycles. The summed E-state index contributed by atoms with van der Waals surface area (Å²) in [7, 11) is 0. The van der Waals surface area contributed by atoms with Gasteiger partial charge in [0.05, 0.1) is 17.3 Å². The van der Waals surface area contributed by atoms with Crippen LogP contribution in [0.4, 0.5) is 0 Å². The minimum Gasteiger partial charge on any atom is -0.461 e. The number of nitrogens with zero attached hydrogens (tertiary/aromatic N) is 1. The maximum absolute atomic E-state index is 13.2. The molecular formula is C21H14ClNO2S. The number of pyridine rings is 1. The van der Waals surface area contributed by atoms with Gasteiger partial charge in [-0.1, -0.05) is 41.9 Å². The van der Waals surface area contributed by atoms with Crippen LogP contribution < -0.4 is 0 Å². The zero-order valence-electron chi connectivity index (χ0n) is 13.9. The van der Waals surface area contributed by atoms with Crippen molar-refractivity contribution in [3.05, 3.63) is 83.3 Å². The van der Waals surface area contributed by atoms with E-state index in [1.807, 2.05) is 54.8 Å². The Kier molecular flexibility index (Phi) is 4.53. The van der Waals surface area contributed by atoms with Crippen LogP contribution in [0.3, 0.4) is 0 Å². The topological polar surface area (TPSA) is 43.1 Å². The molecular weight excluding hydrogens is 366 g/mol. The third-order valence-corrected chi connectivity index (χ3v) is 5.06. The molecule has 0 aliphatic carbocycles. The molecule has 2 aromatic heterocycles. The molecule has 0 amide bonds. The van der Waals surface area contributed by atoms with Crippen LogP contribution in [0.2, 0.25) is 5.02 Å². The van der Waals surface area contributed by atoms with E-state index in [-0.39, 0.29) is 5.78 Å². The van der Waals surface area contributed by atoms with Gasteiger partial charge in [0.1, 0.15) is 5.03 Å². The summed E-state index contributed by atoms with van der Waals surface area (Å²) in [5.41, 5.74) is 3.10. The summed E-state index contributed by atoms with van der Waals surface area (Å²) in [5, 5.41) is 2.11. The minimum absolute atomic E-state index is 0.187. The molecule has 0 aliphatic rings. The highest BCUT2D eigenvalue weighted by Gasteiger charge is 2.24. The Hall–Kier alpha value is -2.56. The Balaban J connectivity index is 2.13. The van der Waals surface area contributed by atoms with Gasteiger partial charge in [-0.25, -0.2) is 4.98 Å². The molecule has 5 heteroatoms. The van der Waals surface area contributed by atoms with E-state index in [0.717, 1.165) is 22.0 Å². The van der Waals surface area contributed by atoms with Gasteiger partial charge in [0.25, 0.3) is 0 Å². The number of hydrogen-bond acceptors (Lipinski definition) is 4. The number of thioether (sulfide) groups is 1. The molecule has 0 bridgehead atoms. The van der Waals surface area contributed by atoms with E-state index in [4.69, 9.17) is 21.0 Å². The predicted molar refractivity (Wildman–Crippen MR) is 106 cm³/mol. The zero-order valence-corrected chi connectivity index (χ0v) is 15.5. The van der Waals surface area contributed by atoms with Crippen molar-refractivity contribution in [3.63, 3.8) is 0 Å². The third-order valence-electron chi connectivity index (χ3n) is 4.14. The SMILES string of the molecule is CSc1nc2ccc(Cl)cc2c(-c2ccccc2)c1C(=O)c1ccco1. The lowest BCUT2D eigenvalue weighted by molar-refractivity contribution is 0.101. The van der Waals surface area contributed by atoms with Crippen molar-refractivity contribution in [2.24, 2.45) is 0 Å². The summed E-state index contributed by atoms with van der Waals surface area (Å²) in [6.07, 6.45) is 3.41. The molecule has 0 N–H and O–H groups in total. The maximum Gasteiger partial charge on any atom is 0.231 e. The van der Waals surface area contributed by atoms with Crippen LogP contribution in [-0.2, 0) is 0 Å². The highest BCUT2D eigenvalue weighted by Crippen LogP contribution is 2.38. The largest absolute Gasteiger partial charge is 0.461 e. The van der Waals surface area contributed by atoms with Crippen molar-refractivity contribution in [3.8, 4) is 11.1 Å². The van der Waals surface area contributed by atoms with Crippen molar-refractivity contribution in [2.75, 3.05) is 6.26 Å². The van der Waals surface area contributed by atoms with Crippen LogP contribution in [0.25, 0.3) is 22.0 Å². The molecule has 4 rings (SSSR count). The molecule has 0 saturated heterocycles. The van der Waals surface area contributed by atoms with Crippen LogP contribution in [0.1, 0.15) is 16.1 Å². The number of aromatic nitrogens is 1. The summed E-state index contributed by atoms with van der Waals surface area (Å²) in [6, 6.07) is 18.7. The second kappa shape index (κ2) is 6.98. The average molecular weight is 380 g/mol. The lowest BCUT2D eigenvalue weighted by atomic mass is 9.93. The molecule has 4 aromatic rings. The van der Waals surface area contributed by atoms with E-state index in [9.17, 15) is 4.79 Å². The van der Waals surface area contributed by atoms with Gasteiger partial charge in [-0.3, -0.25) is 4.79 Å². The van der Waals surface area contributed by atoms with Gasteiger partial charge >= 0.3 is 0 Å². The van der Waals surface area contributed by atoms with Crippen molar-refractivity contribution < 1.29 is 9.21 Å². The smallest absolute Gasteiger partial charge is 0.231 e. The summed E-state index contributed by atoms with van der Waals surface area (Å²) in [5.74, 6) is 0.105. The van der Waals surface area contributed by atoms with Crippen molar-refractivity contribution >= 4 is 40.0 Å². The quantitative estimate of drug-likeness (QED) is 0.317. The lowest BCUT2D eigenvalue weighted by Gasteiger charge is -2.15. The van der Waals surface area contributed by atoms with Gasteiger partial charge < -0.3 is 4.42 Å². The number of rotatable bonds is 4. The monoisotopic (exact) mass is 379 g/mol. The van der Waals surface area contributed by atoms with Crippen molar-refractivity contribution in [2.45, 2.75) is 5.03 Å². The molecule has 0 radical (unpaired) electrons. The number of fused-ring (bicyclic) bond motifs is 1. The molecule has 0 fully saturated rings. The molecule has 2 heterocycles. The molecule has 3 nitrogen and oxygen atoms in total. The predicted octanol–water partition coefficient (Wildman–Crippen LogP) is 6.10. The lowest BCUT2D eigenvalue weighted by Crippen LogP contribution is -2.07. The van der Waals surface area contributed by atoms with Crippen molar-refractivity contribution in [1.82, 2.24) is 4.98 Å². The molecule has 128 valence electrons. The highest BCUT2D eigenvalue weighted by molar-refractivity contribution is 7.98. The van der Waals surface area contributed by atoms with Crippen LogP contribution in [-0.4, -0.2) is 17.0 Å². The number of benzene rings is 2. The van der Waals surface area contributed by atoms with E-state index in [1.165, 1.54) is 18.0 Å². The standard InChI is InChI=1S/C21H14ClNO2S/c1-26-21-19(20(24)17-8-5-11-25-17)18(13-6-3-2-4-7-13)15-12-14(22)9-10-16(15)23-21/h2-12H,1H3. The Bertz CT molecular complexity index is 1090. The summed E-state index contributed by atoms with van der Waals surface area (Å²) >= 11 is 7.69. The first-order valence-corrected chi connectivity index (χ1v) is 9.60. The molecule has 0 atom stereocenters. The summed E-state index contributed by atoms with van der Waals surface area (Å²) in [6.45, 7) is 0. The number of carbonyl (C=O) groups excluding carboxylic acids is 1. The Morgan fingerprint density at radius 1 is 1.08 bits per heavy atom. The van der Waals surface area contributed by atoms with Crippen LogP contribution in [0.15, 0.2) is 76.4 Å². The normalized spacial score (nSPS) is 11.0. The zero-order chi connectivity index (χ0) is 18.1. The number of ketones is 1. The van der Waals surface area contributed by atoms with Gasteiger partial charge in [0, 0.05) is 16.0 Å². The molecule has 0 saturated carbocycles. The van der Waals surface area contributed by atoms with Gasteiger partial charge in [-0.2, -0.15) is 0 Å². The number of halogens is 1. The van der Waals surface area contributed by atoms with Gasteiger partial charge in [0.15, 0.2) is 5.76 Å². The average Bonchev–Trinajstić information content (AvgIpc) is 3.21. The fourth-order valence-electron chi connectivity index (χ4n) is 3.01. The minimum atomic E-state index is -0.187. The highest BCUT2D eigenvalue weighted by atomic mass is 35.5. The van der Waals surface area contributed by atoms with E-state index < -0.39 is 0 Å². The van der Waals surface area contributed by atoms with E-state index in [2.05, 4.69) is 0 Å². The number of hydrogen-bond donors (Lipinski definition) is 0. The first-order chi connectivity index (χ1) is 12.7. The van der Waals surface area contributed by atoms with Crippen LogP contribution in [0, 0.1) is 0 Å². The van der Waals surface area contributed by atoms with E-state index in [0.29, 0.717) is 21.4 Å². The number of furan rings is 1. The molecule has 0 unspecified atom stereocenters. The van der Waals surface area contributed by atoms with Crippen LogP contribution >= 0.6 is 23.4 Å². The fourth-order valence-corrected chi connectivity index (χ4v) is 3.77. The van der Waals surface area contributed by atoms with Gasteiger partial charge in [-0.05, 0) is 42.2 Å². The Morgan fingerprint density at radius 3 is 2.58 bits per heavy atom. The van der Waals surface area contributed by atoms with Gasteiger partial charge in [-0.15, -0.1) is 11.8 Å². The Morgan fingerprint density at radius 2 is 1.88 bits per heavy atom. The second-order valence-electron chi connectivity index (χ2n) is 5.71. The second-order valence-corrected chi connectivity index (χ2v) is 6.94. The molecule has 0 spiro atoms. The first-order valence-electron chi connectivity index (χ1n) is 8.00. The number of carbonyl (C=O) groups is 1.